The van der Waals surface area contributed by atoms with Crippen LogP contribution in [-0.4, -0.2) is 53.9 Å². The number of carbonyl (C=O) groups excluding carboxylic acids is 1. The highest BCUT2D eigenvalue weighted by Gasteiger charge is 2.23. The molecule has 6 nitrogen and oxygen atoms in total. The Kier molecular flexibility index (Phi) is 8.18. The average molecular weight is 440 g/mol. The van der Waals surface area contributed by atoms with Crippen LogP contribution in [0.3, 0.4) is 0 Å². The van der Waals surface area contributed by atoms with E-state index in [1.54, 1.807) is 46.0 Å². The number of sulfonamides is 1. The Bertz CT molecular complexity index is 932. The molecule has 0 spiro atoms. The number of carbonyl (C=O) groups is 1. The van der Waals surface area contributed by atoms with Gasteiger partial charge in [0.25, 0.3) is 0 Å². The van der Waals surface area contributed by atoms with Crippen molar-refractivity contribution in [3.63, 3.8) is 0 Å². The van der Waals surface area contributed by atoms with Gasteiger partial charge in [-0.25, -0.2) is 17.8 Å². The first-order chi connectivity index (χ1) is 13.7. The van der Waals surface area contributed by atoms with Crippen LogP contribution in [0.1, 0.15) is 26.3 Å². The quantitative estimate of drug-likeness (QED) is 0.560. The normalized spacial score (nSPS) is 12.8. The van der Waals surface area contributed by atoms with Gasteiger partial charge in [-0.2, -0.15) is 4.31 Å². The molecule has 1 amide bonds. The molecule has 1 heterocycles. The van der Waals surface area contributed by atoms with E-state index in [4.69, 9.17) is 0 Å². The fraction of sp³-hybridized carbons (Fsp3) is 0.400. The first-order valence-corrected chi connectivity index (χ1v) is 11.6. The number of rotatable bonds is 9. The third-order valence-electron chi connectivity index (χ3n) is 4.38. The van der Waals surface area contributed by atoms with Crippen LogP contribution >= 0.6 is 11.8 Å². The number of hydrogen-bond acceptors (Lipinski definition) is 5. The number of hydrogen-bond donors (Lipinski definition) is 0. The lowest BCUT2D eigenvalue weighted by Crippen LogP contribution is -2.32. The van der Waals surface area contributed by atoms with Gasteiger partial charge >= 0.3 is 0 Å². The molecule has 2 aromatic rings. The molecular weight excluding hydrogens is 413 g/mol. The van der Waals surface area contributed by atoms with E-state index in [0.29, 0.717) is 30.2 Å². The highest BCUT2D eigenvalue weighted by Crippen LogP contribution is 2.24. The van der Waals surface area contributed by atoms with Gasteiger partial charge in [0.2, 0.25) is 15.9 Å². The van der Waals surface area contributed by atoms with Crippen molar-refractivity contribution in [1.82, 2.24) is 14.2 Å². The summed E-state index contributed by atoms with van der Waals surface area (Å²) in [6.45, 7) is 6.41. The average Bonchev–Trinajstić information content (AvgIpc) is 2.68. The van der Waals surface area contributed by atoms with Crippen LogP contribution in [0.2, 0.25) is 0 Å². The van der Waals surface area contributed by atoms with Gasteiger partial charge in [-0.1, -0.05) is 37.7 Å². The molecule has 0 radical (unpaired) electrons. The Labute approximate surface area is 176 Å². The van der Waals surface area contributed by atoms with Gasteiger partial charge in [0, 0.05) is 32.9 Å². The predicted molar refractivity (Wildman–Crippen MR) is 113 cm³/mol. The molecule has 0 aliphatic rings. The lowest BCUT2D eigenvalue weighted by atomic mass is 10.2. The number of benzene rings is 1. The second kappa shape index (κ2) is 10.2. The van der Waals surface area contributed by atoms with Crippen molar-refractivity contribution in [3.8, 4) is 0 Å². The highest BCUT2D eigenvalue weighted by atomic mass is 32.2. The second-order valence-electron chi connectivity index (χ2n) is 6.51. The first-order valence-electron chi connectivity index (χ1n) is 9.31. The molecule has 1 atom stereocenters. The summed E-state index contributed by atoms with van der Waals surface area (Å²) >= 11 is 1.25. The van der Waals surface area contributed by atoms with Gasteiger partial charge in [-0.3, -0.25) is 4.79 Å². The number of nitrogens with zero attached hydrogens (tertiary/aromatic N) is 3. The van der Waals surface area contributed by atoms with E-state index in [1.165, 1.54) is 45.4 Å². The summed E-state index contributed by atoms with van der Waals surface area (Å²) in [5, 5.41) is 0.134. The van der Waals surface area contributed by atoms with Gasteiger partial charge in [0.05, 0.1) is 10.3 Å². The topological polar surface area (TPSA) is 70.6 Å². The highest BCUT2D eigenvalue weighted by molar-refractivity contribution is 8.00. The molecule has 2 rings (SSSR count). The van der Waals surface area contributed by atoms with Crippen molar-refractivity contribution in [2.75, 3.05) is 20.1 Å². The molecule has 9 heteroatoms. The summed E-state index contributed by atoms with van der Waals surface area (Å²) in [6, 6.07) is 9.26. The van der Waals surface area contributed by atoms with E-state index >= 15 is 0 Å². The van der Waals surface area contributed by atoms with Crippen molar-refractivity contribution in [1.29, 1.82) is 0 Å². The van der Waals surface area contributed by atoms with Crippen LogP contribution in [0.5, 0.6) is 0 Å². The molecule has 1 unspecified atom stereocenters. The summed E-state index contributed by atoms with van der Waals surface area (Å²) in [6.07, 6.45) is 1.32. The Morgan fingerprint density at radius 1 is 1.21 bits per heavy atom. The largest absolute Gasteiger partial charge is 0.340 e. The molecule has 1 aromatic carbocycles. The van der Waals surface area contributed by atoms with Crippen molar-refractivity contribution in [3.05, 3.63) is 54.0 Å². The van der Waals surface area contributed by atoms with Gasteiger partial charge in [-0.15, -0.1) is 0 Å². The van der Waals surface area contributed by atoms with Crippen LogP contribution in [0, 0.1) is 5.82 Å². The number of thioether (sulfide) groups is 1. The molecule has 0 bridgehead atoms. The van der Waals surface area contributed by atoms with Crippen molar-refractivity contribution < 1.29 is 17.6 Å². The maximum Gasteiger partial charge on any atom is 0.244 e. The molecule has 0 aliphatic carbocycles. The van der Waals surface area contributed by atoms with E-state index in [-0.39, 0.29) is 16.6 Å². The first kappa shape index (κ1) is 23.3. The molecule has 0 saturated heterocycles. The molecule has 0 N–H and O–H groups in total. The zero-order valence-electron chi connectivity index (χ0n) is 17.0. The van der Waals surface area contributed by atoms with Crippen molar-refractivity contribution >= 4 is 27.7 Å². The summed E-state index contributed by atoms with van der Waals surface area (Å²) in [4.78, 5) is 18.5. The zero-order valence-corrected chi connectivity index (χ0v) is 18.6. The Morgan fingerprint density at radius 2 is 1.90 bits per heavy atom. The molecule has 0 aliphatic heterocycles. The molecular formula is C20H26FN3O3S2. The number of pyridine rings is 1. The molecule has 1 aromatic heterocycles. The summed E-state index contributed by atoms with van der Waals surface area (Å²) in [7, 11) is -1.89. The van der Waals surface area contributed by atoms with E-state index in [0.717, 1.165) is 0 Å². The Balaban J connectivity index is 2.02. The van der Waals surface area contributed by atoms with E-state index in [2.05, 4.69) is 4.98 Å². The van der Waals surface area contributed by atoms with Crippen LogP contribution < -0.4 is 0 Å². The van der Waals surface area contributed by atoms with Crippen molar-refractivity contribution in [2.45, 2.75) is 42.5 Å². The van der Waals surface area contributed by atoms with Crippen LogP contribution in [0.4, 0.5) is 4.39 Å². The lowest BCUT2D eigenvalue weighted by molar-refractivity contribution is -0.129. The minimum Gasteiger partial charge on any atom is -0.340 e. The lowest BCUT2D eigenvalue weighted by Gasteiger charge is -2.21. The van der Waals surface area contributed by atoms with Crippen molar-refractivity contribution in [2.24, 2.45) is 0 Å². The van der Waals surface area contributed by atoms with E-state index in [1.807, 2.05) is 0 Å². The van der Waals surface area contributed by atoms with Gasteiger partial charge < -0.3 is 4.90 Å². The molecule has 29 heavy (non-hydrogen) atoms. The van der Waals surface area contributed by atoms with E-state index < -0.39 is 15.3 Å². The summed E-state index contributed by atoms with van der Waals surface area (Å²) < 4.78 is 39.7. The van der Waals surface area contributed by atoms with Gasteiger partial charge in [-0.05, 0) is 36.8 Å². The maximum absolute atomic E-state index is 13.3. The Morgan fingerprint density at radius 3 is 2.45 bits per heavy atom. The fourth-order valence-electron chi connectivity index (χ4n) is 2.83. The van der Waals surface area contributed by atoms with E-state index in [9.17, 15) is 17.6 Å². The summed E-state index contributed by atoms with van der Waals surface area (Å²) in [5.74, 6) is -0.462. The monoisotopic (exact) mass is 439 g/mol. The second-order valence-corrected chi connectivity index (χ2v) is 9.80. The smallest absolute Gasteiger partial charge is 0.244 e. The zero-order chi connectivity index (χ0) is 21.6. The SMILES string of the molecule is CCN(CC)S(=O)(=O)c1ccc(SC(C)C(=O)N(C)Cc2cccc(F)c2)nc1. The fourth-order valence-corrected chi connectivity index (χ4v) is 5.14. The molecule has 158 valence electrons. The predicted octanol–water partition coefficient (Wildman–Crippen LogP) is 3.39. The maximum atomic E-state index is 13.3. The van der Waals surface area contributed by atoms with Gasteiger partial charge in [0.15, 0.2) is 0 Å². The summed E-state index contributed by atoms with van der Waals surface area (Å²) in [5.41, 5.74) is 0.710. The number of halogens is 1. The number of aromatic nitrogens is 1. The number of amides is 1. The van der Waals surface area contributed by atoms with Gasteiger partial charge in [0.1, 0.15) is 10.7 Å². The van der Waals surface area contributed by atoms with Crippen LogP contribution in [-0.2, 0) is 21.4 Å². The third kappa shape index (κ3) is 6.01. The molecule has 0 fully saturated rings. The van der Waals surface area contributed by atoms with Crippen LogP contribution in [0.15, 0.2) is 52.5 Å². The third-order valence-corrected chi connectivity index (χ3v) is 7.45. The minimum absolute atomic E-state index is 0.124. The molecule has 0 saturated carbocycles. The minimum atomic E-state index is -3.56. The Hall–Kier alpha value is -1.97. The van der Waals surface area contributed by atoms with Crippen LogP contribution in [0.25, 0.3) is 0 Å². The standard InChI is InChI=1S/C20H26FN3O3S2/c1-5-24(6-2)29(26,27)18-10-11-19(22-13-18)28-15(3)20(25)23(4)14-16-8-7-9-17(21)12-16/h7-13,15H,5-6,14H2,1-4H3.